The van der Waals surface area contributed by atoms with Crippen LogP contribution < -0.4 is 0 Å². The molecule has 1 fully saturated rings. The quantitative estimate of drug-likeness (QED) is 0.708. The highest BCUT2D eigenvalue weighted by Gasteiger charge is 2.31. The molecule has 0 aliphatic heterocycles. The normalized spacial score (nSPS) is 29.2. The lowest BCUT2D eigenvalue weighted by atomic mass is 9.82. The maximum absolute atomic E-state index is 12.9. The molecule has 3 unspecified atom stereocenters. The number of thioether (sulfide) groups is 1. The second-order valence-corrected chi connectivity index (χ2v) is 7.26. The molecule has 3 atom stereocenters. The molecule has 0 saturated heterocycles. The van der Waals surface area contributed by atoms with Crippen molar-refractivity contribution >= 4 is 17.5 Å². The number of carbonyl (C=O) groups excluding carboxylic acids is 1. The van der Waals surface area contributed by atoms with Crippen LogP contribution in [0.1, 0.15) is 45.6 Å². The number of carbonyl (C=O) groups is 1. The lowest BCUT2D eigenvalue weighted by Crippen LogP contribution is -2.30. The van der Waals surface area contributed by atoms with Crippen LogP contribution in [-0.4, -0.2) is 11.0 Å². The second-order valence-electron chi connectivity index (χ2n) is 6.13. The molecule has 0 N–H and O–H groups in total. The van der Waals surface area contributed by atoms with Crippen molar-refractivity contribution in [1.82, 2.24) is 0 Å². The summed E-state index contributed by atoms with van der Waals surface area (Å²) in [5, 5.41) is 0.110. The van der Waals surface area contributed by atoms with E-state index in [0.717, 1.165) is 17.7 Å². The van der Waals surface area contributed by atoms with Gasteiger partial charge in [0.1, 0.15) is 0 Å². The predicted octanol–water partition coefficient (Wildman–Crippen LogP) is 5.26. The largest absolute Gasteiger partial charge is 0.293 e. The highest BCUT2D eigenvalue weighted by molar-refractivity contribution is 7.99. The number of allylic oxidation sites excluding steroid dienone is 2. The van der Waals surface area contributed by atoms with Gasteiger partial charge in [-0.25, -0.2) is 0 Å². The van der Waals surface area contributed by atoms with Gasteiger partial charge in [-0.2, -0.15) is 0 Å². The Kier molecular flexibility index (Phi) is 6.10. The van der Waals surface area contributed by atoms with Gasteiger partial charge in [0.05, 0.1) is 5.25 Å². The minimum atomic E-state index is 0.110. The molecule has 1 saturated carbocycles. The highest BCUT2D eigenvalue weighted by Crippen LogP contribution is 2.35. The Bertz CT molecular complexity index is 492. The van der Waals surface area contributed by atoms with Crippen LogP contribution in [0.2, 0.25) is 0 Å². The first-order valence-electron chi connectivity index (χ1n) is 7.99. The molecule has 114 valence electrons. The molecular weight excluding hydrogens is 276 g/mol. The van der Waals surface area contributed by atoms with E-state index in [4.69, 9.17) is 0 Å². The van der Waals surface area contributed by atoms with Crippen molar-refractivity contribution in [3.8, 4) is 0 Å². The maximum Gasteiger partial charge on any atom is 0.172 e. The molecule has 0 aromatic heterocycles. The molecule has 1 aliphatic rings. The molecule has 0 radical (unpaired) electrons. The summed E-state index contributed by atoms with van der Waals surface area (Å²) < 4.78 is 0. The third-order valence-corrected chi connectivity index (χ3v) is 6.01. The molecule has 0 amide bonds. The lowest BCUT2D eigenvalue weighted by molar-refractivity contribution is -0.116. The SMILES string of the molecule is C/C=C1/C(=O)C(SCc2ccccc2)C(C)CCCC1C. The molecule has 21 heavy (non-hydrogen) atoms. The van der Waals surface area contributed by atoms with E-state index in [-0.39, 0.29) is 5.25 Å². The third kappa shape index (κ3) is 4.23. The minimum absolute atomic E-state index is 0.110. The topological polar surface area (TPSA) is 17.1 Å². The number of hydrogen-bond acceptors (Lipinski definition) is 2. The molecular formula is C19H26OS. The third-order valence-electron chi connectivity index (χ3n) is 4.47. The molecule has 1 aliphatic carbocycles. The average molecular weight is 302 g/mol. The van der Waals surface area contributed by atoms with Gasteiger partial charge in [-0.05, 0) is 42.7 Å². The van der Waals surface area contributed by atoms with Crippen LogP contribution in [0.15, 0.2) is 42.0 Å². The van der Waals surface area contributed by atoms with Gasteiger partial charge in [0.2, 0.25) is 0 Å². The monoisotopic (exact) mass is 302 g/mol. The Morgan fingerprint density at radius 2 is 1.90 bits per heavy atom. The fraction of sp³-hybridized carbons (Fsp3) is 0.526. The summed E-state index contributed by atoms with van der Waals surface area (Å²) in [6.07, 6.45) is 5.59. The van der Waals surface area contributed by atoms with E-state index in [1.807, 2.05) is 30.8 Å². The van der Waals surface area contributed by atoms with E-state index >= 15 is 0 Å². The van der Waals surface area contributed by atoms with Crippen molar-refractivity contribution in [2.45, 2.75) is 51.0 Å². The van der Waals surface area contributed by atoms with Gasteiger partial charge in [0.25, 0.3) is 0 Å². The number of benzene rings is 1. The van der Waals surface area contributed by atoms with E-state index in [1.54, 1.807) is 0 Å². The summed E-state index contributed by atoms with van der Waals surface area (Å²) >= 11 is 1.82. The van der Waals surface area contributed by atoms with Gasteiger partial charge < -0.3 is 0 Å². The van der Waals surface area contributed by atoms with Gasteiger partial charge in [0, 0.05) is 5.75 Å². The molecule has 0 bridgehead atoms. The number of hydrogen-bond donors (Lipinski definition) is 0. The Labute approximate surface area is 133 Å². The van der Waals surface area contributed by atoms with E-state index in [0.29, 0.717) is 17.6 Å². The standard InChI is InChI=1S/C19H26OS/c1-4-17-14(2)9-8-10-15(3)19(18(17)20)21-13-16-11-6-5-7-12-16/h4-7,11-12,14-15,19H,8-10,13H2,1-3H3/b17-4+. The summed E-state index contributed by atoms with van der Waals surface area (Å²) in [5.41, 5.74) is 2.35. The zero-order chi connectivity index (χ0) is 15.2. The number of ketones is 1. The van der Waals surface area contributed by atoms with E-state index in [1.165, 1.54) is 18.4 Å². The molecule has 0 spiro atoms. The van der Waals surface area contributed by atoms with Crippen molar-refractivity contribution in [3.05, 3.63) is 47.5 Å². The first-order valence-corrected chi connectivity index (χ1v) is 9.04. The second kappa shape index (κ2) is 7.84. The zero-order valence-corrected chi connectivity index (χ0v) is 14.2. The molecule has 2 heteroatoms. The molecule has 1 aromatic carbocycles. The van der Waals surface area contributed by atoms with Gasteiger partial charge in [-0.1, -0.05) is 56.7 Å². The summed E-state index contributed by atoms with van der Waals surface area (Å²) in [5.74, 6) is 2.18. The molecule has 2 rings (SSSR count). The molecule has 1 nitrogen and oxygen atoms in total. The van der Waals surface area contributed by atoms with E-state index in [2.05, 4.69) is 38.1 Å². The minimum Gasteiger partial charge on any atom is -0.293 e. The molecule has 0 heterocycles. The van der Waals surface area contributed by atoms with Crippen molar-refractivity contribution in [3.63, 3.8) is 0 Å². The first-order chi connectivity index (χ1) is 10.1. The Morgan fingerprint density at radius 3 is 2.57 bits per heavy atom. The van der Waals surface area contributed by atoms with Crippen molar-refractivity contribution < 1.29 is 4.79 Å². The van der Waals surface area contributed by atoms with E-state index in [9.17, 15) is 4.79 Å². The van der Waals surface area contributed by atoms with Crippen LogP contribution >= 0.6 is 11.8 Å². The van der Waals surface area contributed by atoms with Crippen LogP contribution in [0.25, 0.3) is 0 Å². The van der Waals surface area contributed by atoms with Crippen molar-refractivity contribution in [2.24, 2.45) is 11.8 Å². The number of rotatable bonds is 3. The fourth-order valence-corrected chi connectivity index (χ4v) is 4.46. The zero-order valence-electron chi connectivity index (χ0n) is 13.3. The van der Waals surface area contributed by atoms with Crippen LogP contribution in [-0.2, 0) is 10.5 Å². The van der Waals surface area contributed by atoms with Crippen LogP contribution in [0.4, 0.5) is 0 Å². The maximum atomic E-state index is 12.9. The van der Waals surface area contributed by atoms with Gasteiger partial charge >= 0.3 is 0 Å². The Balaban J connectivity index is 2.11. The van der Waals surface area contributed by atoms with Gasteiger partial charge in [-0.3, -0.25) is 4.79 Å². The van der Waals surface area contributed by atoms with E-state index < -0.39 is 0 Å². The van der Waals surface area contributed by atoms with Crippen LogP contribution in [0.5, 0.6) is 0 Å². The van der Waals surface area contributed by atoms with Crippen LogP contribution in [0, 0.1) is 11.8 Å². The number of Topliss-reactive ketones (excluding diaryl/α,β-unsaturated/α-hetero) is 1. The summed E-state index contributed by atoms with van der Waals surface area (Å²) in [6, 6.07) is 10.5. The summed E-state index contributed by atoms with van der Waals surface area (Å²) in [6.45, 7) is 6.45. The Hall–Kier alpha value is -1.02. The Morgan fingerprint density at radius 1 is 1.19 bits per heavy atom. The molecule has 1 aromatic rings. The first kappa shape index (κ1) is 16.4. The average Bonchev–Trinajstić information content (AvgIpc) is 2.48. The summed E-state index contributed by atoms with van der Waals surface area (Å²) in [4.78, 5) is 12.9. The highest BCUT2D eigenvalue weighted by atomic mass is 32.2. The fourth-order valence-electron chi connectivity index (χ4n) is 3.15. The predicted molar refractivity (Wildman–Crippen MR) is 92.5 cm³/mol. The van der Waals surface area contributed by atoms with Crippen molar-refractivity contribution in [2.75, 3.05) is 0 Å². The van der Waals surface area contributed by atoms with Crippen LogP contribution in [0.3, 0.4) is 0 Å². The van der Waals surface area contributed by atoms with Crippen molar-refractivity contribution in [1.29, 1.82) is 0 Å². The lowest BCUT2D eigenvalue weighted by Gasteiger charge is -2.29. The smallest absolute Gasteiger partial charge is 0.172 e. The van der Waals surface area contributed by atoms with Gasteiger partial charge in [-0.15, -0.1) is 11.8 Å². The summed E-state index contributed by atoms with van der Waals surface area (Å²) in [7, 11) is 0. The van der Waals surface area contributed by atoms with Gasteiger partial charge in [0.15, 0.2) is 5.78 Å².